The lowest BCUT2D eigenvalue weighted by molar-refractivity contribution is 0.0773. The number of carbonyl (C=O) groups is 1. The lowest BCUT2D eigenvalue weighted by Gasteiger charge is -2.19. The van der Waals surface area contributed by atoms with E-state index in [1.165, 1.54) is 12.1 Å². The monoisotopic (exact) mass is 319 g/mol. The van der Waals surface area contributed by atoms with Gasteiger partial charge >= 0.3 is 0 Å². The molecule has 0 aliphatic rings. The first-order chi connectivity index (χ1) is 10.6. The lowest BCUT2D eigenvalue weighted by Crippen LogP contribution is -2.30. The highest BCUT2D eigenvalue weighted by molar-refractivity contribution is 6.22. The van der Waals surface area contributed by atoms with Gasteiger partial charge < -0.3 is 4.90 Å². The van der Waals surface area contributed by atoms with Gasteiger partial charge in [-0.05, 0) is 49.2 Å². The van der Waals surface area contributed by atoms with Gasteiger partial charge in [0.15, 0.2) is 0 Å². The molecule has 2 nitrogen and oxygen atoms in total. The SMILES string of the molecule is CCN(CC)C(=O)c1ccc([C@@H](Cl)c2cccc(F)c2)cc1. The fraction of sp³-hybridized carbons (Fsp3) is 0.278. The number of hydrogen-bond acceptors (Lipinski definition) is 1. The van der Waals surface area contributed by atoms with Crippen LogP contribution in [-0.2, 0) is 0 Å². The number of alkyl halides is 1. The molecule has 0 saturated heterocycles. The maximum atomic E-state index is 13.3. The molecule has 0 radical (unpaired) electrons. The number of nitrogens with zero attached hydrogens (tertiary/aromatic N) is 1. The van der Waals surface area contributed by atoms with Crippen LogP contribution in [0.4, 0.5) is 4.39 Å². The first kappa shape index (κ1) is 16.5. The molecule has 0 fully saturated rings. The summed E-state index contributed by atoms with van der Waals surface area (Å²) in [6, 6.07) is 13.4. The second-order valence-corrected chi connectivity index (χ2v) is 5.45. The third-order valence-corrected chi connectivity index (χ3v) is 4.15. The molecule has 4 heteroatoms. The summed E-state index contributed by atoms with van der Waals surface area (Å²) in [4.78, 5) is 14.0. The van der Waals surface area contributed by atoms with Gasteiger partial charge in [0.25, 0.3) is 5.91 Å². The molecule has 1 atom stereocenters. The zero-order chi connectivity index (χ0) is 16.1. The van der Waals surface area contributed by atoms with Crippen LogP contribution in [0.15, 0.2) is 48.5 Å². The molecule has 0 bridgehead atoms. The Balaban J connectivity index is 2.20. The molecule has 0 heterocycles. The maximum Gasteiger partial charge on any atom is 0.253 e. The summed E-state index contributed by atoms with van der Waals surface area (Å²) < 4.78 is 13.3. The minimum Gasteiger partial charge on any atom is -0.339 e. The van der Waals surface area contributed by atoms with Crippen LogP contribution in [0.25, 0.3) is 0 Å². The second kappa shape index (κ2) is 7.41. The number of carbonyl (C=O) groups excluding carboxylic acids is 1. The Morgan fingerprint density at radius 1 is 1.09 bits per heavy atom. The van der Waals surface area contributed by atoms with Crippen molar-refractivity contribution in [3.63, 3.8) is 0 Å². The molecule has 0 aliphatic heterocycles. The number of rotatable bonds is 5. The fourth-order valence-electron chi connectivity index (χ4n) is 2.34. The van der Waals surface area contributed by atoms with E-state index in [0.717, 1.165) is 5.56 Å². The van der Waals surface area contributed by atoms with Crippen LogP contribution >= 0.6 is 11.6 Å². The van der Waals surface area contributed by atoms with Gasteiger partial charge in [-0.25, -0.2) is 4.39 Å². The first-order valence-electron chi connectivity index (χ1n) is 7.35. The summed E-state index contributed by atoms with van der Waals surface area (Å²) in [5, 5.41) is -0.437. The van der Waals surface area contributed by atoms with E-state index in [1.54, 1.807) is 29.2 Å². The summed E-state index contributed by atoms with van der Waals surface area (Å²) >= 11 is 6.39. The summed E-state index contributed by atoms with van der Waals surface area (Å²) in [5.74, 6) is -0.301. The van der Waals surface area contributed by atoms with Gasteiger partial charge in [0.1, 0.15) is 5.82 Å². The molecule has 0 unspecified atom stereocenters. The normalized spacial score (nSPS) is 12.0. The summed E-state index contributed by atoms with van der Waals surface area (Å²) in [7, 11) is 0. The Morgan fingerprint density at radius 2 is 1.73 bits per heavy atom. The Kier molecular flexibility index (Phi) is 5.56. The van der Waals surface area contributed by atoms with Crippen molar-refractivity contribution in [1.29, 1.82) is 0 Å². The molecule has 0 N–H and O–H groups in total. The summed E-state index contributed by atoms with van der Waals surface area (Å²) in [6.07, 6.45) is 0. The highest BCUT2D eigenvalue weighted by Gasteiger charge is 2.15. The van der Waals surface area contributed by atoms with E-state index in [4.69, 9.17) is 11.6 Å². The smallest absolute Gasteiger partial charge is 0.253 e. The van der Waals surface area contributed by atoms with E-state index in [9.17, 15) is 9.18 Å². The van der Waals surface area contributed by atoms with Crippen LogP contribution in [0.5, 0.6) is 0 Å². The Bertz CT molecular complexity index is 638. The average molecular weight is 320 g/mol. The molecule has 0 aromatic heterocycles. The second-order valence-electron chi connectivity index (χ2n) is 5.02. The van der Waals surface area contributed by atoms with Crippen molar-refractivity contribution < 1.29 is 9.18 Å². The summed E-state index contributed by atoms with van der Waals surface area (Å²) in [5.41, 5.74) is 2.17. The minimum atomic E-state index is -0.437. The van der Waals surface area contributed by atoms with E-state index in [-0.39, 0.29) is 11.7 Å². The van der Waals surface area contributed by atoms with Crippen molar-refractivity contribution in [2.75, 3.05) is 13.1 Å². The molecular formula is C18H19ClFNO. The van der Waals surface area contributed by atoms with Gasteiger partial charge in [0.05, 0.1) is 5.38 Å². The zero-order valence-electron chi connectivity index (χ0n) is 12.7. The van der Waals surface area contributed by atoms with Crippen LogP contribution in [0.3, 0.4) is 0 Å². The van der Waals surface area contributed by atoms with Crippen molar-refractivity contribution in [3.05, 3.63) is 71.0 Å². The quantitative estimate of drug-likeness (QED) is 0.735. The Morgan fingerprint density at radius 3 is 2.27 bits per heavy atom. The van der Waals surface area contributed by atoms with Gasteiger partial charge in [-0.3, -0.25) is 4.79 Å². The number of halogens is 2. The van der Waals surface area contributed by atoms with E-state index in [2.05, 4.69) is 0 Å². The molecule has 0 aliphatic carbocycles. The molecule has 0 spiro atoms. The average Bonchev–Trinajstić information content (AvgIpc) is 2.55. The Labute approximate surface area is 135 Å². The van der Waals surface area contributed by atoms with Crippen molar-refractivity contribution >= 4 is 17.5 Å². The molecule has 116 valence electrons. The third-order valence-electron chi connectivity index (χ3n) is 3.64. The van der Waals surface area contributed by atoms with Crippen molar-refractivity contribution in [3.8, 4) is 0 Å². The highest BCUT2D eigenvalue weighted by atomic mass is 35.5. The molecule has 1 amide bonds. The molecule has 2 aromatic carbocycles. The molecule has 2 aromatic rings. The van der Waals surface area contributed by atoms with Gasteiger partial charge in [-0.15, -0.1) is 11.6 Å². The van der Waals surface area contributed by atoms with Crippen LogP contribution in [0, 0.1) is 5.82 Å². The predicted octanol–water partition coefficient (Wildman–Crippen LogP) is 4.64. The maximum absolute atomic E-state index is 13.3. The zero-order valence-corrected chi connectivity index (χ0v) is 13.5. The van der Waals surface area contributed by atoms with Crippen molar-refractivity contribution in [2.45, 2.75) is 19.2 Å². The fourth-order valence-corrected chi connectivity index (χ4v) is 2.63. The van der Waals surface area contributed by atoms with E-state index in [1.807, 2.05) is 26.0 Å². The van der Waals surface area contributed by atoms with E-state index in [0.29, 0.717) is 24.2 Å². The topological polar surface area (TPSA) is 20.3 Å². The standard InChI is InChI=1S/C18H19ClFNO/c1-3-21(4-2)18(22)14-10-8-13(9-11-14)17(19)15-6-5-7-16(20)12-15/h5-12,17H,3-4H2,1-2H3/t17-/m1/s1. The van der Waals surface area contributed by atoms with Crippen LogP contribution in [-0.4, -0.2) is 23.9 Å². The summed E-state index contributed by atoms with van der Waals surface area (Å²) in [6.45, 7) is 5.26. The minimum absolute atomic E-state index is 0.00780. The van der Waals surface area contributed by atoms with Crippen molar-refractivity contribution in [1.82, 2.24) is 4.90 Å². The number of benzene rings is 2. The molecule has 22 heavy (non-hydrogen) atoms. The first-order valence-corrected chi connectivity index (χ1v) is 7.79. The van der Waals surface area contributed by atoms with E-state index < -0.39 is 5.38 Å². The van der Waals surface area contributed by atoms with Crippen LogP contribution in [0.1, 0.15) is 40.7 Å². The molecule has 0 saturated carbocycles. The lowest BCUT2D eigenvalue weighted by atomic mass is 10.0. The van der Waals surface area contributed by atoms with Crippen LogP contribution in [0.2, 0.25) is 0 Å². The van der Waals surface area contributed by atoms with Crippen molar-refractivity contribution in [2.24, 2.45) is 0 Å². The van der Waals surface area contributed by atoms with Gasteiger partial charge in [-0.2, -0.15) is 0 Å². The number of amides is 1. The Hall–Kier alpha value is -1.87. The number of hydrogen-bond donors (Lipinski definition) is 0. The largest absolute Gasteiger partial charge is 0.339 e. The molecule has 2 rings (SSSR count). The predicted molar refractivity (Wildman–Crippen MR) is 87.8 cm³/mol. The van der Waals surface area contributed by atoms with Crippen LogP contribution < -0.4 is 0 Å². The van der Waals surface area contributed by atoms with E-state index >= 15 is 0 Å². The van der Waals surface area contributed by atoms with Gasteiger partial charge in [0.2, 0.25) is 0 Å². The highest BCUT2D eigenvalue weighted by Crippen LogP contribution is 2.29. The van der Waals surface area contributed by atoms with Gasteiger partial charge in [-0.1, -0.05) is 24.3 Å². The third kappa shape index (κ3) is 3.66. The van der Waals surface area contributed by atoms with Gasteiger partial charge in [0, 0.05) is 18.7 Å². The molecular weight excluding hydrogens is 301 g/mol.